The van der Waals surface area contributed by atoms with Gasteiger partial charge in [0.1, 0.15) is 5.82 Å². The summed E-state index contributed by atoms with van der Waals surface area (Å²) in [6.07, 6.45) is 1.23. The van der Waals surface area contributed by atoms with E-state index in [1.165, 1.54) is 18.2 Å². The molecule has 1 aromatic rings. The highest BCUT2D eigenvalue weighted by Gasteiger charge is 2.37. The highest BCUT2D eigenvalue weighted by Crippen LogP contribution is 2.38. The first-order valence-corrected chi connectivity index (χ1v) is 5.93. The number of halogens is 3. The fraction of sp³-hybridized carbons (Fsp3) is 0.538. The first-order chi connectivity index (χ1) is 8.09. The molecule has 17 heavy (non-hydrogen) atoms. The quantitative estimate of drug-likeness (QED) is 0.858. The summed E-state index contributed by atoms with van der Waals surface area (Å²) < 4.78 is 41.2. The van der Waals surface area contributed by atoms with Crippen molar-refractivity contribution < 1.29 is 13.2 Å². The Bertz CT molecular complexity index is 373. The van der Waals surface area contributed by atoms with Crippen LogP contribution in [-0.2, 0) is 5.92 Å². The van der Waals surface area contributed by atoms with Gasteiger partial charge in [-0.3, -0.25) is 0 Å². The lowest BCUT2D eigenvalue weighted by atomic mass is 9.89. The zero-order chi connectivity index (χ0) is 12.3. The molecule has 0 radical (unpaired) electrons. The van der Waals surface area contributed by atoms with E-state index in [0.717, 1.165) is 32.0 Å². The molecule has 0 spiro atoms. The third kappa shape index (κ3) is 3.00. The van der Waals surface area contributed by atoms with Crippen LogP contribution >= 0.6 is 0 Å². The monoisotopic (exact) mass is 243 g/mol. The first kappa shape index (κ1) is 12.4. The molecule has 1 aliphatic rings. The van der Waals surface area contributed by atoms with E-state index in [0.29, 0.717) is 0 Å². The number of alkyl halides is 2. The van der Waals surface area contributed by atoms with Crippen LogP contribution in [0.1, 0.15) is 24.8 Å². The Morgan fingerprint density at radius 3 is 2.47 bits per heavy atom. The lowest BCUT2D eigenvalue weighted by molar-refractivity contribution is -0.0356. The van der Waals surface area contributed by atoms with Gasteiger partial charge < -0.3 is 5.32 Å². The van der Waals surface area contributed by atoms with Crippen LogP contribution in [0.15, 0.2) is 24.3 Å². The number of rotatable bonds is 3. The summed E-state index contributed by atoms with van der Waals surface area (Å²) in [5.41, 5.74) is -0.474. The molecule has 0 amide bonds. The molecule has 94 valence electrons. The van der Waals surface area contributed by atoms with Crippen molar-refractivity contribution in [1.29, 1.82) is 0 Å². The van der Waals surface area contributed by atoms with Gasteiger partial charge in [0.15, 0.2) is 0 Å². The standard InChI is InChI=1S/C13H16F3N/c14-12-4-2-1-3-11(12)13(15,16)9-10-5-7-17-8-6-10/h1-4,10,17H,5-9H2. The predicted octanol–water partition coefficient (Wildman–Crippen LogP) is 3.31. The largest absolute Gasteiger partial charge is 0.317 e. The van der Waals surface area contributed by atoms with Crippen molar-refractivity contribution in [2.24, 2.45) is 5.92 Å². The van der Waals surface area contributed by atoms with E-state index in [2.05, 4.69) is 5.32 Å². The van der Waals surface area contributed by atoms with Gasteiger partial charge >= 0.3 is 0 Å². The summed E-state index contributed by atoms with van der Waals surface area (Å²) in [5.74, 6) is -3.90. The highest BCUT2D eigenvalue weighted by molar-refractivity contribution is 5.22. The van der Waals surface area contributed by atoms with Crippen LogP contribution in [0.4, 0.5) is 13.2 Å². The molecule has 1 nitrogen and oxygen atoms in total. The van der Waals surface area contributed by atoms with Gasteiger partial charge in [-0.25, -0.2) is 13.2 Å². The number of nitrogens with one attached hydrogen (secondary N) is 1. The van der Waals surface area contributed by atoms with Gasteiger partial charge in [-0.2, -0.15) is 0 Å². The Morgan fingerprint density at radius 1 is 1.18 bits per heavy atom. The predicted molar refractivity (Wildman–Crippen MR) is 60.5 cm³/mol. The molecule has 0 saturated carbocycles. The second-order valence-electron chi connectivity index (χ2n) is 4.58. The molecule has 1 aromatic carbocycles. The van der Waals surface area contributed by atoms with E-state index in [1.54, 1.807) is 0 Å². The topological polar surface area (TPSA) is 12.0 Å². The van der Waals surface area contributed by atoms with E-state index in [-0.39, 0.29) is 12.3 Å². The number of hydrogen-bond donors (Lipinski definition) is 1. The molecule has 1 fully saturated rings. The maximum absolute atomic E-state index is 13.9. The lowest BCUT2D eigenvalue weighted by Gasteiger charge is -2.27. The van der Waals surface area contributed by atoms with E-state index in [1.807, 2.05) is 0 Å². The van der Waals surface area contributed by atoms with Crippen molar-refractivity contribution in [3.05, 3.63) is 35.6 Å². The second kappa shape index (κ2) is 5.08. The SMILES string of the molecule is Fc1ccccc1C(F)(F)CC1CCNCC1. The van der Waals surface area contributed by atoms with Crippen LogP contribution in [0.3, 0.4) is 0 Å². The van der Waals surface area contributed by atoms with Gasteiger partial charge in [-0.05, 0) is 37.9 Å². The minimum atomic E-state index is -3.06. The Labute approximate surface area is 99.0 Å². The van der Waals surface area contributed by atoms with Gasteiger partial charge in [0, 0.05) is 6.42 Å². The van der Waals surface area contributed by atoms with E-state index in [4.69, 9.17) is 0 Å². The van der Waals surface area contributed by atoms with Gasteiger partial charge in [0.05, 0.1) is 5.56 Å². The van der Waals surface area contributed by atoms with Crippen molar-refractivity contribution in [1.82, 2.24) is 5.32 Å². The fourth-order valence-corrected chi connectivity index (χ4v) is 2.32. The molecule has 0 bridgehead atoms. The smallest absolute Gasteiger partial charge is 0.276 e. The summed E-state index contributed by atoms with van der Waals surface area (Å²) in [6.45, 7) is 1.55. The van der Waals surface area contributed by atoms with Crippen LogP contribution in [0.5, 0.6) is 0 Å². The Hall–Kier alpha value is -1.03. The number of piperidine rings is 1. The molecular formula is C13H16F3N. The molecule has 4 heteroatoms. The number of hydrogen-bond acceptors (Lipinski definition) is 1. The van der Waals surface area contributed by atoms with E-state index in [9.17, 15) is 13.2 Å². The van der Waals surface area contributed by atoms with Gasteiger partial charge in [-0.1, -0.05) is 18.2 Å². The Morgan fingerprint density at radius 2 is 1.82 bits per heavy atom. The zero-order valence-corrected chi connectivity index (χ0v) is 9.56. The summed E-state index contributed by atoms with van der Waals surface area (Å²) in [5, 5.41) is 3.13. The van der Waals surface area contributed by atoms with Gasteiger partial charge in [-0.15, -0.1) is 0 Å². The molecule has 1 saturated heterocycles. The van der Waals surface area contributed by atoms with Crippen LogP contribution in [0.2, 0.25) is 0 Å². The molecule has 1 N–H and O–H groups in total. The second-order valence-corrected chi connectivity index (χ2v) is 4.58. The molecular weight excluding hydrogens is 227 g/mol. The Balaban J connectivity index is 2.10. The van der Waals surface area contributed by atoms with Gasteiger partial charge in [0.2, 0.25) is 0 Å². The average molecular weight is 243 g/mol. The normalized spacial score (nSPS) is 18.3. The Kier molecular flexibility index (Phi) is 3.72. The third-order valence-corrected chi connectivity index (χ3v) is 3.27. The summed E-state index contributed by atoms with van der Waals surface area (Å²) >= 11 is 0. The first-order valence-electron chi connectivity index (χ1n) is 5.93. The van der Waals surface area contributed by atoms with Crippen LogP contribution in [0, 0.1) is 11.7 Å². The maximum atomic E-state index is 13.9. The molecule has 0 atom stereocenters. The fourth-order valence-electron chi connectivity index (χ4n) is 2.32. The van der Waals surface area contributed by atoms with E-state index >= 15 is 0 Å². The molecule has 0 aromatic heterocycles. The lowest BCUT2D eigenvalue weighted by Crippen LogP contribution is -2.31. The van der Waals surface area contributed by atoms with Crippen molar-refractivity contribution in [3.63, 3.8) is 0 Å². The molecule has 2 rings (SSSR count). The highest BCUT2D eigenvalue weighted by atomic mass is 19.3. The maximum Gasteiger partial charge on any atom is 0.276 e. The van der Waals surface area contributed by atoms with Crippen molar-refractivity contribution in [2.45, 2.75) is 25.2 Å². The van der Waals surface area contributed by atoms with Crippen molar-refractivity contribution >= 4 is 0 Å². The third-order valence-electron chi connectivity index (χ3n) is 3.27. The van der Waals surface area contributed by atoms with Gasteiger partial charge in [0.25, 0.3) is 5.92 Å². The average Bonchev–Trinajstić information content (AvgIpc) is 2.30. The van der Waals surface area contributed by atoms with Crippen LogP contribution in [0.25, 0.3) is 0 Å². The van der Waals surface area contributed by atoms with E-state index < -0.39 is 17.3 Å². The zero-order valence-electron chi connectivity index (χ0n) is 9.56. The molecule has 0 unspecified atom stereocenters. The van der Waals surface area contributed by atoms with Crippen molar-refractivity contribution in [2.75, 3.05) is 13.1 Å². The molecule has 1 aliphatic heterocycles. The minimum Gasteiger partial charge on any atom is -0.317 e. The van der Waals surface area contributed by atoms with Crippen LogP contribution < -0.4 is 5.32 Å². The molecule has 1 heterocycles. The molecule has 0 aliphatic carbocycles. The van der Waals surface area contributed by atoms with Crippen molar-refractivity contribution in [3.8, 4) is 0 Å². The summed E-state index contributed by atoms with van der Waals surface area (Å²) in [7, 11) is 0. The van der Waals surface area contributed by atoms with Crippen LogP contribution in [-0.4, -0.2) is 13.1 Å². The number of benzene rings is 1. The summed E-state index contributed by atoms with van der Waals surface area (Å²) in [4.78, 5) is 0. The summed E-state index contributed by atoms with van der Waals surface area (Å²) in [6, 6.07) is 5.15. The minimum absolute atomic E-state index is 0.0224.